The van der Waals surface area contributed by atoms with Gasteiger partial charge < -0.3 is 14.7 Å². The Morgan fingerprint density at radius 1 is 1.00 bits per heavy atom. The molecule has 9 nitrogen and oxygen atoms in total. The Kier molecular flexibility index (Phi) is 7.37. The zero-order chi connectivity index (χ0) is 28.2. The monoisotopic (exact) mass is 535 g/mol. The minimum absolute atomic E-state index is 0.0221. The van der Waals surface area contributed by atoms with Gasteiger partial charge in [0, 0.05) is 36.6 Å². The van der Waals surface area contributed by atoms with Crippen molar-refractivity contribution in [2.45, 2.75) is 26.1 Å². The normalized spacial score (nSPS) is 16.2. The molecule has 1 fully saturated rings. The van der Waals surface area contributed by atoms with E-state index in [4.69, 9.17) is 4.74 Å². The third kappa shape index (κ3) is 5.44. The van der Waals surface area contributed by atoms with Crippen LogP contribution in [0, 0.1) is 17.0 Å². The second kappa shape index (κ2) is 11.2. The number of nitrogens with zero attached hydrogens (tertiary/aromatic N) is 3. The SMILES string of the molecule is Cc1cccc(COc2ccc(/C(O)=C3\C(=O)C(=O)N(Cc4cccnc4)[C@H]3c3cccc([N+](=O)[O-])c3)cc2)c1. The molecule has 1 aliphatic heterocycles. The smallest absolute Gasteiger partial charge is 0.295 e. The first-order valence-corrected chi connectivity index (χ1v) is 12.5. The molecule has 1 N–H and O–H groups in total. The first-order valence-electron chi connectivity index (χ1n) is 12.5. The van der Waals surface area contributed by atoms with Crippen LogP contribution in [0.2, 0.25) is 0 Å². The molecule has 0 aliphatic carbocycles. The molecule has 1 aromatic heterocycles. The molecule has 2 heterocycles. The Bertz CT molecular complexity index is 1620. The molecule has 0 saturated carbocycles. The molecule has 9 heteroatoms. The van der Waals surface area contributed by atoms with Crippen molar-refractivity contribution in [2.75, 3.05) is 0 Å². The van der Waals surface area contributed by atoms with Crippen molar-refractivity contribution >= 4 is 23.1 Å². The van der Waals surface area contributed by atoms with Gasteiger partial charge >= 0.3 is 0 Å². The maximum absolute atomic E-state index is 13.3. The van der Waals surface area contributed by atoms with Crippen molar-refractivity contribution in [3.63, 3.8) is 0 Å². The maximum atomic E-state index is 13.3. The fourth-order valence-corrected chi connectivity index (χ4v) is 4.72. The molecule has 1 saturated heterocycles. The zero-order valence-electron chi connectivity index (χ0n) is 21.6. The van der Waals surface area contributed by atoms with Crippen LogP contribution in [-0.2, 0) is 22.7 Å². The largest absolute Gasteiger partial charge is 0.507 e. The molecule has 0 bridgehead atoms. The average molecular weight is 536 g/mol. The first-order chi connectivity index (χ1) is 19.3. The average Bonchev–Trinajstić information content (AvgIpc) is 3.21. The summed E-state index contributed by atoms with van der Waals surface area (Å²) in [5, 5.41) is 22.8. The summed E-state index contributed by atoms with van der Waals surface area (Å²) in [6.07, 6.45) is 3.16. The second-order valence-corrected chi connectivity index (χ2v) is 9.44. The Morgan fingerprint density at radius 2 is 1.75 bits per heavy atom. The van der Waals surface area contributed by atoms with Gasteiger partial charge in [0.15, 0.2) is 0 Å². The van der Waals surface area contributed by atoms with E-state index in [0.717, 1.165) is 11.1 Å². The van der Waals surface area contributed by atoms with Crippen LogP contribution in [0.25, 0.3) is 5.76 Å². The van der Waals surface area contributed by atoms with Gasteiger partial charge in [0.1, 0.15) is 18.1 Å². The molecule has 200 valence electrons. The molecule has 1 amide bonds. The Morgan fingerprint density at radius 3 is 2.45 bits per heavy atom. The van der Waals surface area contributed by atoms with E-state index >= 15 is 0 Å². The number of aliphatic hydroxyl groups is 1. The van der Waals surface area contributed by atoms with Crippen molar-refractivity contribution in [2.24, 2.45) is 0 Å². The number of carbonyl (C=O) groups is 2. The predicted molar refractivity (Wildman–Crippen MR) is 147 cm³/mol. The Balaban J connectivity index is 1.50. The van der Waals surface area contributed by atoms with E-state index in [9.17, 15) is 24.8 Å². The molecule has 3 aromatic carbocycles. The summed E-state index contributed by atoms with van der Waals surface area (Å²) < 4.78 is 5.86. The quantitative estimate of drug-likeness (QED) is 0.104. The summed E-state index contributed by atoms with van der Waals surface area (Å²) in [4.78, 5) is 42.8. The van der Waals surface area contributed by atoms with Crippen LogP contribution in [-0.4, -0.2) is 31.6 Å². The number of pyridine rings is 1. The number of nitro benzene ring substituents is 1. The summed E-state index contributed by atoms with van der Waals surface area (Å²) in [5.74, 6) is -1.52. The van der Waals surface area contributed by atoms with Crippen LogP contribution in [0.15, 0.2) is 103 Å². The first kappa shape index (κ1) is 26.3. The number of nitro groups is 1. The van der Waals surface area contributed by atoms with Gasteiger partial charge in [-0.25, -0.2) is 0 Å². The topological polar surface area (TPSA) is 123 Å². The molecule has 0 spiro atoms. The van der Waals surface area contributed by atoms with E-state index in [1.165, 1.54) is 23.1 Å². The molecule has 5 rings (SSSR count). The van der Waals surface area contributed by atoms with Gasteiger partial charge in [-0.1, -0.05) is 48.0 Å². The van der Waals surface area contributed by atoms with Gasteiger partial charge in [0.25, 0.3) is 17.4 Å². The van der Waals surface area contributed by atoms with Crippen molar-refractivity contribution in [1.82, 2.24) is 9.88 Å². The molecular formula is C31H25N3O6. The second-order valence-electron chi connectivity index (χ2n) is 9.44. The molecule has 0 unspecified atom stereocenters. The van der Waals surface area contributed by atoms with Crippen LogP contribution in [0.5, 0.6) is 5.75 Å². The number of benzene rings is 3. The van der Waals surface area contributed by atoms with Gasteiger partial charge in [0.05, 0.1) is 16.5 Å². The Labute approximate surface area is 230 Å². The van der Waals surface area contributed by atoms with Crippen LogP contribution < -0.4 is 4.74 Å². The van der Waals surface area contributed by atoms with E-state index in [2.05, 4.69) is 4.98 Å². The zero-order valence-corrected chi connectivity index (χ0v) is 21.6. The minimum atomic E-state index is -1.04. The number of carbonyl (C=O) groups excluding carboxylic acids is 2. The standard InChI is InChI=1S/C31H25N3O6/c1-20-5-2-6-21(15-20)19-40-26-12-10-23(11-13-26)29(35)27-28(24-8-3-9-25(16-24)34(38)39)33(31(37)30(27)36)18-22-7-4-14-32-17-22/h2-17,28,35H,18-19H2,1H3/b29-27+/t28-/m0/s1. The van der Waals surface area contributed by atoms with Gasteiger partial charge in [-0.15, -0.1) is 0 Å². The molecule has 1 aliphatic rings. The number of non-ortho nitro benzene ring substituents is 1. The van der Waals surface area contributed by atoms with E-state index in [1.807, 2.05) is 31.2 Å². The van der Waals surface area contributed by atoms with Crippen LogP contribution in [0.3, 0.4) is 0 Å². The third-order valence-electron chi connectivity index (χ3n) is 6.63. The van der Waals surface area contributed by atoms with E-state index in [-0.39, 0.29) is 23.6 Å². The number of ether oxygens (including phenoxy) is 1. The fraction of sp³-hybridized carbons (Fsp3) is 0.129. The summed E-state index contributed by atoms with van der Waals surface area (Å²) in [5.41, 5.74) is 3.09. The number of aryl methyl sites for hydroxylation is 1. The molecule has 1 atom stereocenters. The van der Waals surface area contributed by atoms with Crippen molar-refractivity contribution in [1.29, 1.82) is 0 Å². The third-order valence-corrected chi connectivity index (χ3v) is 6.63. The predicted octanol–water partition coefficient (Wildman–Crippen LogP) is 5.50. The molecule has 0 radical (unpaired) electrons. The lowest BCUT2D eigenvalue weighted by atomic mass is 9.95. The lowest BCUT2D eigenvalue weighted by Crippen LogP contribution is -2.29. The van der Waals surface area contributed by atoms with E-state index < -0.39 is 22.7 Å². The van der Waals surface area contributed by atoms with E-state index in [1.54, 1.807) is 54.9 Å². The van der Waals surface area contributed by atoms with Crippen molar-refractivity contribution in [3.05, 3.63) is 141 Å². The highest BCUT2D eigenvalue weighted by Gasteiger charge is 2.46. The van der Waals surface area contributed by atoms with E-state index in [0.29, 0.717) is 29.0 Å². The maximum Gasteiger partial charge on any atom is 0.295 e. The number of aromatic nitrogens is 1. The number of ketones is 1. The number of hydrogen-bond donors (Lipinski definition) is 1. The van der Waals surface area contributed by atoms with Gasteiger partial charge in [-0.3, -0.25) is 24.7 Å². The lowest BCUT2D eigenvalue weighted by Gasteiger charge is -2.25. The summed E-state index contributed by atoms with van der Waals surface area (Å²) in [7, 11) is 0. The van der Waals surface area contributed by atoms with Crippen LogP contribution >= 0.6 is 0 Å². The number of aliphatic hydroxyl groups excluding tert-OH is 1. The van der Waals surface area contributed by atoms with Crippen molar-refractivity contribution in [3.8, 4) is 5.75 Å². The summed E-state index contributed by atoms with van der Waals surface area (Å²) >= 11 is 0. The summed E-state index contributed by atoms with van der Waals surface area (Å²) in [6.45, 7) is 2.38. The highest BCUT2D eigenvalue weighted by Crippen LogP contribution is 2.41. The molecule has 4 aromatic rings. The number of rotatable bonds is 8. The number of likely N-dealkylation sites (tertiary alicyclic amines) is 1. The van der Waals surface area contributed by atoms with Crippen molar-refractivity contribution < 1.29 is 24.4 Å². The van der Waals surface area contributed by atoms with Crippen LogP contribution in [0.4, 0.5) is 5.69 Å². The van der Waals surface area contributed by atoms with Gasteiger partial charge in [-0.05, 0) is 53.9 Å². The summed E-state index contributed by atoms with van der Waals surface area (Å²) in [6, 6.07) is 22.6. The number of hydrogen-bond acceptors (Lipinski definition) is 7. The lowest BCUT2D eigenvalue weighted by molar-refractivity contribution is -0.384. The fourth-order valence-electron chi connectivity index (χ4n) is 4.72. The van der Waals surface area contributed by atoms with Crippen LogP contribution in [0.1, 0.15) is 33.9 Å². The van der Waals surface area contributed by atoms with Gasteiger partial charge in [-0.2, -0.15) is 0 Å². The minimum Gasteiger partial charge on any atom is -0.507 e. The molecular weight excluding hydrogens is 510 g/mol. The number of amides is 1. The highest BCUT2D eigenvalue weighted by atomic mass is 16.6. The molecule has 40 heavy (non-hydrogen) atoms. The number of Topliss-reactive ketones (excluding diaryl/α,β-unsaturated/α-hetero) is 1. The Hall–Kier alpha value is -5.31. The highest BCUT2D eigenvalue weighted by molar-refractivity contribution is 6.46. The van der Waals surface area contributed by atoms with Gasteiger partial charge in [0.2, 0.25) is 0 Å².